The molecule has 0 radical (unpaired) electrons. The Morgan fingerprint density at radius 2 is 1.84 bits per heavy atom. The molecule has 3 nitrogen and oxygen atoms in total. The van der Waals surface area contributed by atoms with Gasteiger partial charge >= 0.3 is 0 Å². The van der Waals surface area contributed by atoms with Crippen LogP contribution in [0.5, 0.6) is 5.75 Å². The van der Waals surface area contributed by atoms with Gasteiger partial charge in [0.15, 0.2) is 0 Å². The van der Waals surface area contributed by atoms with E-state index in [-0.39, 0.29) is 11.9 Å². The molecule has 1 amide bonds. The topological polar surface area (TPSA) is 29.5 Å². The predicted octanol–water partition coefficient (Wildman–Crippen LogP) is 4.31. The summed E-state index contributed by atoms with van der Waals surface area (Å²) >= 11 is 0. The fraction of sp³-hybridized carbons (Fsp3) is 0.409. The summed E-state index contributed by atoms with van der Waals surface area (Å²) in [4.78, 5) is 15.3. The maximum atomic E-state index is 13.2. The molecule has 0 heterocycles. The minimum absolute atomic E-state index is 0.253. The van der Waals surface area contributed by atoms with Gasteiger partial charge in [-0.2, -0.15) is 0 Å². The molecule has 0 bridgehead atoms. The first kappa shape index (κ1) is 16.2. The highest BCUT2D eigenvalue weighted by Gasteiger charge is 2.39. The first-order valence-electron chi connectivity index (χ1n) is 9.28. The number of methoxy groups -OCH3 is 1. The number of benzene rings is 2. The summed E-state index contributed by atoms with van der Waals surface area (Å²) in [6.07, 6.45) is 6.15. The van der Waals surface area contributed by atoms with Crippen molar-refractivity contribution in [3.8, 4) is 5.75 Å². The smallest absolute Gasteiger partial charge is 0.227 e. The van der Waals surface area contributed by atoms with Crippen molar-refractivity contribution in [2.75, 3.05) is 7.11 Å². The van der Waals surface area contributed by atoms with Crippen LogP contribution in [0.3, 0.4) is 0 Å². The fourth-order valence-corrected chi connectivity index (χ4v) is 4.01. The summed E-state index contributed by atoms with van der Waals surface area (Å²) in [5.74, 6) is 1.09. The highest BCUT2D eigenvalue weighted by molar-refractivity contribution is 5.80. The van der Waals surface area contributed by atoms with E-state index < -0.39 is 0 Å². The summed E-state index contributed by atoms with van der Waals surface area (Å²) in [6.45, 7) is 0. The molecule has 0 saturated heterocycles. The second-order valence-electron chi connectivity index (χ2n) is 7.16. The van der Waals surface area contributed by atoms with Crippen molar-refractivity contribution >= 4 is 5.91 Å². The third-order valence-electron chi connectivity index (χ3n) is 5.42. The van der Waals surface area contributed by atoms with Gasteiger partial charge in [0.1, 0.15) is 5.75 Å². The molecule has 1 unspecified atom stereocenters. The number of ether oxygens (including phenoxy) is 1. The molecule has 1 saturated carbocycles. The summed E-state index contributed by atoms with van der Waals surface area (Å²) in [7, 11) is 1.66. The molecule has 1 atom stereocenters. The molecule has 0 aliphatic heterocycles. The molecule has 0 spiro atoms. The van der Waals surface area contributed by atoms with E-state index in [1.54, 1.807) is 7.11 Å². The van der Waals surface area contributed by atoms with E-state index in [1.807, 2.05) is 24.3 Å². The summed E-state index contributed by atoms with van der Waals surface area (Å²) in [6, 6.07) is 17.2. The largest absolute Gasteiger partial charge is 0.497 e. The van der Waals surface area contributed by atoms with Gasteiger partial charge in [0.05, 0.1) is 19.6 Å². The van der Waals surface area contributed by atoms with Crippen molar-refractivity contribution in [2.24, 2.45) is 0 Å². The van der Waals surface area contributed by atoms with Gasteiger partial charge in [-0.3, -0.25) is 4.79 Å². The Morgan fingerprint density at radius 1 is 1.08 bits per heavy atom. The third kappa shape index (κ3) is 3.41. The van der Waals surface area contributed by atoms with Crippen molar-refractivity contribution in [1.29, 1.82) is 0 Å². The second kappa shape index (κ2) is 6.91. The van der Waals surface area contributed by atoms with Crippen molar-refractivity contribution in [3.63, 3.8) is 0 Å². The van der Waals surface area contributed by atoms with Gasteiger partial charge in [-0.15, -0.1) is 0 Å². The quantitative estimate of drug-likeness (QED) is 0.815. The molecule has 0 N–H and O–H groups in total. The number of aryl methyl sites for hydroxylation is 1. The maximum absolute atomic E-state index is 13.2. The Labute approximate surface area is 149 Å². The third-order valence-corrected chi connectivity index (χ3v) is 5.42. The number of amides is 1. The van der Waals surface area contributed by atoms with Crippen LogP contribution in [0.2, 0.25) is 0 Å². The maximum Gasteiger partial charge on any atom is 0.227 e. The van der Waals surface area contributed by atoms with Gasteiger partial charge in [0.25, 0.3) is 0 Å². The molecule has 2 aliphatic rings. The molecule has 130 valence electrons. The lowest BCUT2D eigenvalue weighted by Crippen LogP contribution is -2.39. The lowest BCUT2D eigenvalue weighted by atomic mass is 9.86. The number of carbonyl (C=O) groups excluding carboxylic acids is 1. The average molecular weight is 335 g/mol. The zero-order valence-corrected chi connectivity index (χ0v) is 14.8. The molecular formula is C22H25NO2. The van der Waals surface area contributed by atoms with E-state index >= 15 is 0 Å². The highest BCUT2D eigenvalue weighted by atomic mass is 16.5. The first-order valence-corrected chi connectivity index (χ1v) is 9.28. The Bertz CT molecular complexity index is 749. The Balaban J connectivity index is 1.56. The van der Waals surface area contributed by atoms with Crippen LogP contribution in [-0.4, -0.2) is 24.0 Å². The van der Waals surface area contributed by atoms with E-state index in [0.717, 1.165) is 37.0 Å². The lowest BCUT2D eigenvalue weighted by Gasteiger charge is -2.36. The minimum atomic E-state index is 0.253. The Morgan fingerprint density at radius 3 is 2.56 bits per heavy atom. The van der Waals surface area contributed by atoms with Crippen LogP contribution in [0.4, 0.5) is 0 Å². The molecule has 2 aliphatic carbocycles. The molecule has 0 aromatic heterocycles. The molecule has 3 heteroatoms. The van der Waals surface area contributed by atoms with Crippen LogP contribution in [0.1, 0.15) is 48.4 Å². The number of hydrogen-bond donors (Lipinski definition) is 0. The number of hydrogen-bond acceptors (Lipinski definition) is 2. The zero-order chi connectivity index (χ0) is 17.2. The summed E-state index contributed by atoms with van der Waals surface area (Å²) < 4.78 is 5.21. The van der Waals surface area contributed by atoms with Crippen LogP contribution in [-0.2, 0) is 17.6 Å². The molecule has 1 fully saturated rings. The highest BCUT2D eigenvalue weighted by Crippen LogP contribution is 2.41. The number of fused-ring (bicyclic) bond motifs is 1. The van der Waals surface area contributed by atoms with Gasteiger partial charge in [-0.25, -0.2) is 0 Å². The van der Waals surface area contributed by atoms with Crippen molar-refractivity contribution in [3.05, 3.63) is 65.2 Å². The van der Waals surface area contributed by atoms with Crippen molar-refractivity contribution in [1.82, 2.24) is 4.90 Å². The fourth-order valence-electron chi connectivity index (χ4n) is 4.01. The van der Waals surface area contributed by atoms with E-state index in [9.17, 15) is 4.79 Å². The summed E-state index contributed by atoms with van der Waals surface area (Å²) in [5, 5.41) is 0. The number of rotatable bonds is 5. The average Bonchev–Trinajstić information content (AvgIpc) is 3.48. The van der Waals surface area contributed by atoms with E-state index in [1.165, 1.54) is 17.5 Å². The SMILES string of the molecule is COc1ccc(CC(=O)N(C2CC2)C2CCCc3ccccc32)cc1. The molecule has 4 rings (SSSR count). The lowest BCUT2D eigenvalue weighted by molar-refractivity contribution is -0.134. The standard InChI is InChI=1S/C22H25NO2/c1-25-19-13-9-16(10-14-19)15-22(24)23(18-11-12-18)21-8-4-6-17-5-2-3-7-20(17)21/h2-3,5,7,9-10,13-14,18,21H,4,6,8,11-12,15H2,1H3. The predicted molar refractivity (Wildman–Crippen MR) is 98.7 cm³/mol. The molecule has 2 aromatic carbocycles. The molecular weight excluding hydrogens is 310 g/mol. The van der Waals surface area contributed by atoms with Crippen molar-refractivity contribution < 1.29 is 9.53 Å². The minimum Gasteiger partial charge on any atom is -0.497 e. The number of nitrogens with zero attached hydrogens (tertiary/aromatic N) is 1. The normalized spacial score (nSPS) is 19.2. The van der Waals surface area contributed by atoms with Crippen LogP contribution in [0.15, 0.2) is 48.5 Å². The molecule has 2 aromatic rings. The van der Waals surface area contributed by atoms with E-state index in [4.69, 9.17) is 4.74 Å². The molecule has 25 heavy (non-hydrogen) atoms. The van der Waals surface area contributed by atoms with Crippen molar-refractivity contribution in [2.45, 2.75) is 50.6 Å². The second-order valence-corrected chi connectivity index (χ2v) is 7.16. The van der Waals surface area contributed by atoms with E-state index in [0.29, 0.717) is 12.5 Å². The van der Waals surface area contributed by atoms with Gasteiger partial charge in [0.2, 0.25) is 5.91 Å². The number of carbonyl (C=O) groups is 1. The van der Waals surface area contributed by atoms with Gasteiger partial charge < -0.3 is 9.64 Å². The monoisotopic (exact) mass is 335 g/mol. The first-order chi connectivity index (χ1) is 12.3. The Hall–Kier alpha value is -2.29. The van der Waals surface area contributed by atoms with Gasteiger partial charge in [-0.05, 0) is 60.9 Å². The summed E-state index contributed by atoms with van der Waals surface area (Å²) in [5.41, 5.74) is 3.84. The van der Waals surface area contributed by atoms with Crippen LogP contribution >= 0.6 is 0 Å². The van der Waals surface area contributed by atoms with Crippen LogP contribution in [0, 0.1) is 0 Å². The van der Waals surface area contributed by atoms with Gasteiger partial charge in [0, 0.05) is 6.04 Å². The van der Waals surface area contributed by atoms with Gasteiger partial charge in [-0.1, -0.05) is 36.4 Å². The van der Waals surface area contributed by atoms with E-state index in [2.05, 4.69) is 29.2 Å². The van der Waals surface area contributed by atoms with Crippen LogP contribution in [0.25, 0.3) is 0 Å². The van der Waals surface area contributed by atoms with Crippen LogP contribution < -0.4 is 4.74 Å². The zero-order valence-electron chi connectivity index (χ0n) is 14.8. The Kier molecular flexibility index (Phi) is 4.48.